The summed E-state index contributed by atoms with van der Waals surface area (Å²) in [5.41, 5.74) is 1.65. The minimum Gasteiger partial charge on any atom is -0.347 e. The summed E-state index contributed by atoms with van der Waals surface area (Å²) in [5, 5.41) is 9.40. The van der Waals surface area contributed by atoms with Gasteiger partial charge in [0.25, 0.3) is 5.91 Å². The van der Waals surface area contributed by atoms with E-state index in [0.29, 0.717) is 11.3 Å². The van der Waals surface area contributed by atoms with E-state index in [9.17, 15) is 18.0 Å². The molecule has 0 aliphatic heterocycles. The van der Waals surface area contributed by atoms with Crippen molar-refractivity contribution in [1.29, 1.82) is 0 Å². The summed E-state index contributed by atoms with van der Waals surface area (Å²) in [4.78, 5) is 12.1. The van der Waals surface area contributed by atoms with E-state index in [1.165, 1.54) is 12.1 Å². The van der Waals surface area contributed by atoms with Crippen LogP contribution in [0.1, 0.15) is 21.6 Å². The maximum absolute atomic E-state index is 12.5. The number of nitrogens with one attached hydrogen (secondary N) is 2. The number of nitrogens with zero attached hydrogens (tertiary/aromatic N) is 1. The van der Waals surface area contributed by atoms with Gasteiger partial charge >= 0.3 is 6.18 Å². The van der Waals surface area contributed by atoms with Crippen molar-refractivity contribution in [2.75, 3.05) is 0 Å². The normalized spacial score (nSPS) is 11.3. The molecule has 0 aliphatic rings. The number of aromatic nitrogens is 2. The number of H-pyrrole nitrogens is 1. The fourth-order valence-electron chi connectivity index (χ4n) is 2.28. The number of hydrogen-bond acceptors (Lipinski definition) is 2. The standard InChI is InChI=1S/C18H14F3N3O/c19-18(20,21)14-8-6-12(7-9-14)11-22-17(25)16-10-15(23-24-16)13-4-2-1-3-5-13/h1-10H,11H2,(H,22,25)(H,23,24). The average molecular weight is 345 g/mol. The third-order valence-corrected chi connectivity index (χ3v) is 3.63. The first-order valence-corrected chi connectivity index (χ1v) is 7.48. The number of carbonyl (C=O) groups excluding carboxylic acids is 1. The molecular weight excluding hydrogens is 331 g/mol. The molecule has 0 saturated heterocycles. The fraction of sp³-hybridized carbons (Fsp3) is 0.111. The Bertz CT molecular complexity index is 855. The summed E-state index contributed by atoms with van der Waals surface area (Å²) in [7, 11) is 0. The molecule has 0 atom stereocenters. The Hall–Kier alpha value is -3.09. The van der Waals surface area contributed by atoms with Crippen LogP contribution in [0.4, 0.5) is 13.2 Å². The van der Waals surface area contributed by atoms with Gasteiger partial charge in [0.15, 0.2) is 0 Å². The molecule has 1 amide bonds. The molecule has 0 aliphatic carbocycles. The number of hydrogen-bond donors (Lipinski definition) is 2. The number of amides is 1. The van der Waals surface area contributed by atoms with Gasteiger partial charge in [-0.1, -0.05) is 42.5 Å². The molecule has 4 nitrogen and oxygen atoms in total. The van der Waals surface area contributed by atoms with Gasteiger partial charge in [0.05, 0.1) is 11.3 Å². The van der Waals surface area contributed by atoms with Crippen LogP contribution in [-0.2, 0) is 12.7 Å². The summed E-state index contributed by atoms with van der Waals surface area (Å²) >= 11 is 0. The Balaban J connectivity index is 1.62. The average Bonchev–Trinajstić information content (AvgIpc) is 3.10. The van der Waals surface area contributed by atoms with Gasteiger partial charge in [-0.3, -0.25) is 9.89 Å². The number of carbonyl (C=O) groups is 1. The van der Waals surface area contributed by atoms with Gasteiger partial charge in [-0.15, -0.1) is 0 Å². The van der Waals surface area contributed by atoms with Gasteiger partial charge in [-0.05, 0) is 23.8 Å². The fourth-order valence-corrected chi connectivity index (χ4v) is 2.28. The highest BCUT2D eigenvalue weighted by molar-refractivity contribution is 5.93. The highest BCUT2D eigenvalue weighted by Crippen LogP contribution is 2.29. The van der Waals surface area contributed by atoms with Crippen LogP contribution in [0.15, 0.2) is 60.7 Å². The van der Waals surface area contributed by atoms with E-state index in [2.05, 4.69) is 15.5 Å². The lowest BCUT2D eigenvalue weighted by Crippen LogP contribution is -2.23. The van der Waals surface area contributed by atoms with E-state index < -0.39 is 11.7 Å². The number of rotatable bonds is 4. The predicted octanol–water partition coefficient (Wildman–Crippen LogP) is 4.03. The lowest BCUT2D eigenvalue weighted by atomic mass is 10.1. The summed E-state index contributed by atoms with van der Waals surface area (Å²) in [6, 6.07) is 15.7. The van der Waals surface area contributed by atoms with Crippen LogP contribution in [0.25, 0.3) is 11.3 Å². The van der Waals surface area contributed by atoms with Crippen LogP contribution < -0.4 is 5.32 Å². The molecule has 3 rings (SSSR count). The van der Waals surface area contributed by atoms with Crippen molar-refractivity contribution in [2.24, 2.45) is 0 Å². The molecule has 2 N–H and O–H groups in total. The predicted molar refractivity (Wildman–Crippen MR) is 86.6 cm³/mol. The molecule has 1 aromatic heterocycles. The van der Waals surface area contributed by atoms with Crippen LogP contribution in [0.5, 0.6) is 0 Å². The van der Waals surface area contributed by atoms with Gasteiger partial charge in [-0.2, -0.15) is 18.3 Å². The molecule has 0 unspecified atom stereocenters. The minimum absolute atomic E-state index is 0.122. The zero-order chi connectivity index (χ0) is 17.9. The first-order valence-electron chi connectivity index (χ1n) is 7.48. The molecule has 128 valence electrons. The maximum atomic E-state index is 12.5. The minimum atomic E-state index is -4.37. The van der Waals surface area contributed by atoms with Gasteiger partial charge in [0.2, 0.25) is 0 Å². The SMILES string of the molecule is O=C(NCc1ccc(C(F)(F)F)cc1)c1cc(-c2ccccc2)n[nH]1. The molecule has 25 heavy (non-hydrogen) atoms. The molecular formula is C18H14F3N3O. The molecule has 0 spiro atoms. The number of halogens is 3. The lowest BCUT2D eigenvalue weighted by Gasteiger charge is -2.08. The summed E-state index contributed by atoms with van der Waals surface area (Å²) in [6.07, 6.45) is -4.37. The second kappa shape index (κ2) is 6.80. The summed E-state index contributed by atoms with van der Waals surface area (Å²) in [5.74, 6) is -0.380. The van der Waals surface area contributed by atoms with Crippen molar-refractivity contribution in [3.8, 4) is 11.3 Å². The van der Waals surface area contributed by atoms with E-state index >= 15 is 0 Å². The van der Waals surface area contributed by atoms with Crippen LogP contribution in [0.3, 0.4) is 0 Å². The van der Waals surface area contributed by atoms with E-state index in [-0.39, 0.29) is 18.1 Å². The van der Waals surface area contributed by atoms with Crippen LogP contribution in [-0.4, -0.2) is 16.1 Å². The molecule has 0 radical (unpaired) electrons. The molecule has 0 saturated carbocycles. The van der Waals surface area contributed by atoms with Crippen LogP contribution in [0.2, 0.25) is 0 Å². The van der Waals surface area contributed by atoms with E-state index in [1.807, 2.05) is 30.3 Å². The Morgan fingerprint density at radius 1 is 1.04 bits per heavy atom. The Morgan fingerprint density at radius 3 is 2.36 bits per heavy atom. The van der Waals surface area contributed by atoms with Crippen LogP contribution >= 0.6 is 0 Å². The summed E-state index contributed by atoms with van der Waals surface area (Å²) in [6.45, 7) is 0.122. The molecule has 0 fully saturated rings. The second-order valence-corrected chi connectivity index (χ2v) is 5.41. The summed E-state index contributed by atoms with van der Waals surface area (Å²) < 4.78 is 37.5. The highest BCUT2D eigenvalue weighted by atomic mass is 19.4. The van der Waals surface area contributed by atoms with Crippen molar-refractivity contribution in [2.45, 2.75) is 12.7 Å². The van der Waals surface area contributed by atoms with E-state index in [4.69, 9.17) is 0 Å². The van der Waals surface area contributed by atoms with E-state index in [1.54, 1.807) is 6.07 Å². The maximum Gasteiger partial charge on any atom is 0.416 e. The molecule has 0 bridgehead atoms. The second-order valence-electron chi connectivity index (χ2n) is 5.41. The molecule has 1 heterocycles. The van der Waals surface area contributed by atoms with Crippen molar-refractivity contribution in [3.63, 3.8) is 0 Å². The smallest absolute Gasteiger partial charge is 0.347 e. The largest absolute Gasteiger partial charge is 0.416 e. The third kappa shape index (κ3) is 4.06. The van der Waals surface area contributed by atoms with Gasteiger partial charge in [-0.25, -0.2) is 0 Å². The molecule has 3 aromatic rings. The number of aromatic amines is 1. The number of benzene rings is 2. The first-order chi connectivity index (χ1) is 11.9. The lowest BCUT2D eigenvalue weighted by molar-refractivity contribution is -0.137. The zero-order valence-corrected chi connectivity index (χ0v) is 13.0. The molecule has 2 aromatic carbocycles. The van der Waals surface area contributed by atoms with Crippen molar-refractivity contribution < 1.29 is 18.0 Å². The van der Waals surface area contributed by atoms with Crippen molar-refractivity contribution >= 4 is 5.91 Å². The zero-order valence-electron chi connectivity index (χ0n) is 13.0. The Labute approximate surface area is 141 Å². The Kier molecular flexibility index (Phi) is 4.56. The first kappa shape index (κ1) is 16.8. The monoisotopic (exact) mass is 345 g/mol. The highest BCUT2D eigenvalue weighted by Gasteiger charge is 2.29. The van der Waals surface area contributed by atoms with Gasteiger partial charge in [0.1, 0.15) is 5.69 Å². The molecule has 7 heteroatoms. The van der Waals surface area contributed by atoms with Gasteiger partial charge in [0, 0.05) is 12.1 Å². The van der Waals surface area contributed by atoms with E-state index in [0.717, 1.165) is 17.7 Å². The quantitative estimate of drug-likeness (QED) is 0.750. The van der Waals surface area contributed by atoms with Crippen molar-refractivity contribution in [3.05, 3.63) is 77.5 Å². The van der Waals surface area contributed by atoms with Gasteiger partial charge < -0.3 is 5.32 Å². The van der Waals surface area contributed by atoms with Crippen LogP contribution in [0, 0.1) is 0 Å². The third-order valence-electron chi connectivity index (χ3n) is 3.63. The van der Waals surface area contributed by atoms with Crippen molar-refractivity contribution in [1.82, 2.24) is 15.5 Å². The topological polar surface area (TPSA) is 57.8 Å². The Morgan fingerprint density at radius 2 is 1.72 bits per heavy atom. The number of alkyl halides is 3.